The first-order chi connectivity index (χ1) is 12.8. The fourth-order valence-electron chi connectivity index (χ4n) is 2.56. The number of carbonyl (C=O) groups excluding carboxylic acids is 1. The summed E-state index contributed by atoms with van der Waals surface area (Å²) in [5, 5.41) is 2.93. The van der Waals surface area contributed by atoms with E-state index < -0.39 is 15.1 Å². The molecule has 0 bridgehead atoms. The first kappa shape index (κ1) is 19.9. The highest BCUT2D eigenvalue weighted by Crippen LogP contribution is 2.32. The van der Waals surface area contributed by atoms with Crippen LogP contribution in [-0.4, -0.2) is 30.8 Å². The van der Waals surface area contributed by atoms with Gasteiger partial charge in [-0.3, -0.25) is 4.79 Å². The van der Waals surface area contributed by atoms with Gasteiger partial charge in [0.15, 0.2) is 15.0 Å². The van der Waals surface area contributed by atoms with Crippen molar-refractivity contribution in [2.45, 2.75) is 35.3 Å². The summed E-state index contributed by atoms with van der Waals surface area (Å²) in [5.41, 5.74) is 1.65. The highest BCUT2D eigenvalue weighted by Gasteiger charge is 2.19. The van der Waals surface area contributed by atoms with Crippen LogP contribution in [0.25, 0.3) is 10.2 Å². The molecular formula is C19H20N2O3S3. The number of fused-ring (bicyclic) bond motifs is 1. The summed E-state index contributed by atoms with van der Waals surface area (Å²) in [5.74, 6) is -0.181. The lowest BCUT2D eigenvalue weighted by atomic mass is 10.1. The van der Waals surface area contributed by atoms with E-state index in [1.54, 1.807) is 49.9 Å². The number of amides is 1. The number of rotatable bonds is 6. The number of para-hydroxylation sites is 1. The zero-order valence-corrected chi connectivity index (χ0v) is 17.7. The van der Waals surface area contributed by atoms with Crippen molar-refractivity contribution in [3.05, 3.63) is 48.0 Å². The molecule has 1 N–H and O–H groups in total. The molecule has 5 nitrogen and oxygen atoms in total. The van der Waals surface area contributed by atoms with E-state index in [9.17, 15) is 13.2 Å². The Morgan fingerprint density at radius 3 is 2.52 bits per heavy atom. The lowest BCUT2D eigenvalue weighted by Gasteiger charge is -2.08. The predicted octanol–water partition coefficient (Wildman–Crippen LogP) is 4.38. The largest absolute Gasteiger partial charge is 0.302 e. The first-order valence-electron chi connectivity index (χ1n) is 8.37. The van der Waals surface area contributed by atoms with Crippen LogP contribution in [0.1, 0.15) is 19.4 Å². The molecule has 142 valence electrons. The Balaban J connectivity index is 1.71. The van der Waals surface area contributed by atoms with Crippen LogP contribution in [0.2, 0.25) is 0 Å². The molecule has 27 heavy (non-hydrogen) atoms. The van der Waals surface area contributed by atoms with E-state index in [0.29, 0.717) is 5.13 Å². The molecule has 0 spiro atoms. The van der Waals surface area contributed by atoms with E-state index in [1.165, 1.54) is 11.3 Å². The molecule has 1 aromatic heterocycles. The maximum absolute atomic E-state index is 12.3. The second-order valence-corrected chi connectivity index (χ2v) is 10.7. The summed E-state index contributed by atoms with van der Waals surface area (Å²) < 4.78 is 25.3. The van der Waals surface area contributed by atoms with Crippen LogP contribution in [0, 0.1) is 0 Å². The van der Waals surface area contributed by atoms with Crippen molar-refractivity contribution in [1.29, 1.82) is 0 Å². The molecule has 3 aromatic rings. The molecule has 0 aliphatic carbocycles. The normalized spacial score (nSPS) is 11.9. The molecule has 0 aliphatic rings. The number of thiazole rings is 1. The van der Waals surface area contributed by atoms with Gasteiger partial charge in [-0.1, -0.05) is 29.5 Å². The van der Waals surface area contributed by atoms with Crippen LogP contribution in [0.5, 0.6) is 0 Å². The van der Waals surface area contributed by atoms with Gasteiger partial charge < -0.3 is 5.32 Å². The van der Waals surface area contributed by atoms with E-state index in [1.807, 2.05) is 24.5 Å². The number of nitrogens with zero attached hydrogens (tertiary/aromatic N) is 1. The third kappa shape index (κ3) is 4.34. The lowest BCUT2D eigenvalue weighted by molar-refractivity contribution is -0.115. The van der Waals surface area contributed by atoms with Gasteiger partial charge >= 0.3 is 0 Å². The van der Waals surface area contributed by atoms with Crippen LogP contribution in [0.3, 0.4) is 0 Å². The number of sulfone groups is 1. The Kier molecular flexibility index (Phi) is 5.88. The third-order valence-corrected chi connectivity index (χ3v) is 7.96. The summed E-state index contributed by atoms with van der Waals surface area (Å²) in [6, 6.07) is 12.4. The van der Waals surface area contributed by atoms with Gasteiger partial charge in [0.25, 0.3) is 0 Å². The molecule has 3 rings (SSSR count). The van der Waals surface area contributed by atoms with E-state index in [2.05, 4.69) is 10.3 Å². The number of anilines is 1. The van der Waals surface area contributed by atoms with Gasteiger partial charge in [-0.15, -0.1) is 11.8 Å². The van der Waals surface area contributed by atoms with Crippen molar-refractivity contribution in [2.75, 3.05) is 11.6 Å². The lowest BCUT2D eigenvalue weighted by Crippen LogP contribution is -2.15. The fraction of sp³-hybridized carbons (Fsp3) is 0.263. The molecule has 0 unspecified atom stereocenters. The number of hydrogen-bond acceptors (Lipinski definition) is 6. The van der Waals surface area contributed by atoms with Crippen molar-refractivity contribution < 1.29 is 13.2 Å². The molecule has 0 aliphatic heterocycles. The third-order valence-electron chi connectivity index (χ3n) is 4.09. The minimum absolute atomic E-state index is 0.160. The number of benzene rings is 2. The molecule has 0 radical (unpaired) electrons. The molecular weight excluding hydrogens is 400 g/mol. The van der Waals surface area contributed by atoms with Crippen molar-refractivity contribution in [2.24, 2.45) is 0 Å². The molecule has 1 heterocycles. The number of hydrogen-bond donors (Lipinski definition) is 1. The first-order valence-corrected chi connectivity index (χ1v) is 12.0. The highest BCUT2D eigenvalue weighted by atomic mass is 32.2. The Hall–Kier alpha value is -1.90. The van der Waals surface area contributed by atoms with Gasteiger partial charge in [-0.25, -0.2) is 13.4 Å². The maximum Gasteiger partial charge on any atom is 0.230 e. The van der Waals surface area contributed by atoms with E-state index in [4.69, 9.17) is 0 Å². The van der Waals surface area contributed by atoms with Gasteiger partial charge in [0, 0.05) is 4.90 Å². The second-order valence-electron chi connectivity index (χ2n) is 6.29. The Labute approximate surface area is 167 Å². The molecule has 8 heteroatoms. The molecule has 0 saturated carbocycles. The zero-order valence-electron chi connectivity index (χ0n) is 15.2. The van der Waals surface area contributed by atoms with Gasteiger partial charge in [0.2, 0.25) is 5.91 Å². The fourth-order valence-corrected chi connectivity index (χ4v) is 5.16. The molecule has 2 aromatic carbocycles. The van der Waals surface area contributed by atoms with Crippen LogP contribution in [0.15, 0.2) is 52.3 Å². The second kappa shape index (κ2) is 8.00. The van der Waals surface area contributed by atoms with Gasteiger partial charge in [0.1, 0.15) is 0 Å². The summed E-state index contributed by atoms with van der Waals surface area (Å²) in [6.07, 6.45) is 2.16. The quantitative estimate of drug-likeness (QED) is 0.599. The number of thioether (sulfide) groups is 1. The van der Waals surface area contributed by atoms with Crippen LogP contribution < -0.4 is 5.32 Å². The maximum atomic E-state index is 12.3. The smallest absolute Gasteiger partial charge is 0.230 e. The monoisotopic (exact) mass is 420 g/mol. The van der Waals surface area contributed by atoms with Gasteiger partial charge in [0.05, 0.1) is 26.8 Å². The molecule has 0 saturated heterocycles. The Bertz CT molecular complexity index is 1070. The van der Waals surface area contributed by atoms with Crippen molar-refractivity contribution in [3.63, 3.8) is 0 Å². The number of carbonyl (C=O) groups is 1. The number of aromatic nitrogens is 1. The Morgan fingerprint density at radius 1 is 1.19 bits per heavy atom. The van der Waals surface area contributed by atoms with E-state index >= 15 is 0 Å². The van der Waals surface area contributed by atoms with E-state index in [-0.39, 0.29) is 17.2 Å². The zero-order chi connectivity index (χ0) is 19.6. The standard InChI is InChI=1S/C19H20N2O3S3/c1-12(2)27(23,24)14-9-7-13(8-10-14)11-17(22)20-19-21-18-15(25-3)5-4-6-16(18)26-19/h4-10,12H,11H2,1-3H3,(H,20,21,22). The van der Waals surface area contributed by atoms with Crippen molar-refractivity contribution in [1.82, 2.24) is 4.98 Å². The molecule has 0 atom stereocenters. The molecule has 1 amide bonds. The van der Waals surface area contributed by atoms with Gasteiger partial charge in [-0.2, -0.15) is 0 Å². The van der Waals surface area contributed by atoms with Crippen molar-refractivity contribution in [3.8, 4) is 0 Å². The van der Waals surface area contributed by atoms with Gasteiger partial charge in [-0.05, 0) is 49.9 Å². The SMILES string of the molecule is CSc1cccc2sc(NC(=O)Cc3ccc(S(=O)(=O)C(C)C)cc3)nc12. The minimum atomic E-state index is -3.30. The van der Waals surface area contributed by atoms with Crippen LogP contribution >= 0.6 is 23.1 Å². The summed E-state index contributed by atoms with van der Waals surface area (Å²) >= 11 is 3.06. The average Bonchev–Trinajstić information content (AvgIpc) is 3.04. The predicted molar refractivity (Wildman–Crippen MR) is 112 cm³/mol. The van der Waals surface area contributed by atoms with E-state index in [0.717, 1.165) is 20.7 Å². The topological polar surface area (TPSA) is 76.1 Å². The van der Waals surface area contributed by atoms with Crippen LogP contribution in [-0.2, 0) is 21.1 Å². The summed E-state index contributed by atoms with van der Waals surface area (Å²) in [4.78, 5) is 18.2. The minimum Gasteiger partial charge on any atom is -0.302 e. The molecule has 0 fully saturated rings. The average molecular weight is 421 g/mol. The summed E-state index contributed by atoms with van der Waals surface area (Å²) in [7, 11) is -3.30. The highest BCUT2D eigenvalue weighted by molar-refractivity contribution is 7.98. The summed E-state index contributed by atoms with van der Waals surface area (Å²) in [6.45, 7) is 3.30. The van der Waals surface area contributed by atoms with Crippen molar-refractivity contribution >= 4 is 54.2 Å². The van der Waals surface area contributed by atoms with Crippen LogP contribution in [0.4, 0.5) is 5.13 Å². The number of nitrogens with one attached hydrogen (secondary N) is 1. The Morgan fingerprint density at radius 2 is 1.89 bits per heavy atom.